The third-order valence-electron chi connectivity index (χ3n) is 2.79. The third kappa shape index (κ3) is 3.83. The van der Waals surface area contributed by atoms with Crippen molar-refractivity contribution in [2.45, 2.75) is 40.2 Å². The van der Waals surface area contributed by atoms with E-state index in [4.69, 9.17) is 0 Å². The molecule has 0 aliphatic carbocycles. The molecule has 0 saturated carbocycles. The summed E-state index contributed by atoms with van der Waals surface area (Å²) >= 11 is 0. The van der Waals surface area contributed by atoms with E-state index in [-0.39, 0.29) is 5.56 Å². The molecule has 0 atom stereocenters. The van der Waals surface area contributed by atoms with Crippen LogP contribution < -0.4 is 9.44 Å². The second-order valence-electron chi connectivity index (χ2n) is 6.31. The van der Waals surface area contributed by atoms with Gasteiger partial charge in [0.2, 0.25) is 0 Å². The Labute approximate surface area is 129 Å². The summed E-state index contributed by atoms with van der Waals surface area (Å²) in [4.78, 5) is 16.5. The SMILES string of the molecule is Cc1cn2cc(C(=O)NS(=O)(=O)NC(C)(C)C)cc(C)c2n1. The molecule has 0 aliphatic heterocycles. The maximum atomic E-state index is 12.2. The van der Waals surface area contributed by atoms with Crippen LogP contribution in [0.4, 0.5) is 0 Å². The summed E-state index contributed by atoms with van der Waals surface area (Å²) in [6, 6.07) is 1.61. The van der Waals surface area contributed by atoms with Gasteiger partial charge in [0.05, 0.1) is 11.3 Å². The summed E-state index contributed by atoms with van der Waals surface area (Å²) in [5.41, 5.74) is 1.93. The zero-order valence-electron chi connectivity index (χ0n) is 13.3. The molecule has 120 valence electrons. The van der Waals surface area contributed by atoms with Crippen molar-refractivity contribution >= 4 is 21.8 Å². The highest BCUT2D eigenvalue weighted by molar-refractivity contribution is 7.88. The van der Waals surface area contributed by atoms with E-state index in [2.05, 4.69) is 9.71 Å². The minimum atomic E-state index is -3.92. The molecule has 0 fully saturated rings. The summed E-state index contributed by atoms with van der Waals surface area (Å²) in [5.74, 6) is -0.687. The zero-order chi connectivity index (χ0) is 16.7. The topological polar surface area (TPSA) is 92.6 Å². The summed E-state index contributed by atoms with van der Waals surface area (Å²) in [6.07, 6.45) is 3.34. The maximum absolute atomic E-state index is 12.2. The minimum absolute atomic E-state index is 0.252. The van der Waals surface area contributed by atoms with Crippen LogP contribution in [0.2, 0.25) is 0 Å². The molecule has 2 aromatic rings. The Morgan fingerprint density at radius 1 is 1.23 bits per heavy atom. The number of nitrogens with one attached hydrogen (secondary N) is 2. The van der Waals surface area contributed by atoms with Crippen LogP contribution in [0.25, 0.3) is 5.65 Å². The number of amides is 1. The molecular weight excluding hydrogens is 304 g/mol. The van der Waals surface area contributed by atoms with Crippen LogP contribution in [-0.4, -0.2) is 29.2 Å². The molecule has 22 heavy (non-hydrogen) atoms. The Kier molecular flexibility index (Phi) is 4.01. The largest absolute Gasteiger partial charge is 0.306 e. The molecule has 2 N–H and O–H groups in total. The first kappa shape index (κ1) is 16.4. The van der Waals surface area contributed by atoms with Crippen molar-refractivity contribution in [2.24, 2.45) is 0 Å². The average molecular weight is 324 g/mol. The van der Waals surface area contributed by atoms with Gasteiger partial charge in [-0.05, 0) is 46.2 Å². The first-order chi connectivity index (χ1) is 9.97. The quantitative estimate of drug-likeness (QED) is 0.890. The van der Waals surface area contributed by atoms with Crippen molar-refractivity contribution in [3.05, 3.63) is 35.3 Å². The van der Waals surface area contributed by atoms with Gasteiger partial charge >= 0.3 is 10.2 Å². The number of fused-ring (bicyclic) bond motifs is 1. The third-order valence-corrected chi connectivity index (χ3v) is 4.12. The smallest absolute Gasteiger partial charge is 0.302 e. The predicted molar refractivity (Wildman–Crippen MR) is 83.9 cm³/mol. The van der Waals surface area contributed by atoms with E-state index in [9.17, 15) is 13.2 Å². The van der Waals surface area contributed by atoms with Gasteiger partial charge in [0.15, 0.2) is 0 Å². The highest BCUT2D eigenvalue weighted by atomic mass is 32.2. The number of hydrogen-bond acceptors (Lipinski definition) is 4. The first-order valence-corrected chi connectivity index (χ1v) is 8.27. The second kappa shape index (κ2) is 5.36. The van der Waals surface area contributed by atoms with Crippen molar-refractivity contribution in [3.8, 4) is 0 Å². The molecule has 2 rings (SSSR count). The highest BCUT2D eigenvalue weighted by Crippen LogP contribution is 2.13. The van der Waals surface area contributed by atoms with Crippen LogP contribution in [0.15, 0.2) is 18.5 Å². The summed E-state index contributed by atoms with van der Waals surface area (Å²) < 4.78 is 29.9. The number of hydrogen-bond donors (Lipinski definition) is 2. The van der Waals surface area contributed by atoms with Gasteiger partial charge in [-0.3, -0.25) is 4.79 Å². The summed E-state index contributed by atoms with van der Waals surface area (Å²) in [7, 11) is -3.92. The molecule has 0 aliphatic rings. The molecule has 0 saturated heterocycles. The van der Waals surface area contributed by atoms with E-state index >= 15 is 0 Å². The molecular formula is C14H20N4O3S. The Bertz CT molecular complexity index is 832. The average Bonchev–Trinajstić information content (AvgIpc) is 2.65. The molecule has 7 nitrogen and oxygen atoms in total. The normalized spacial score (nSPS) is 12.6. The van der Waals surface area contributed by atoms with Crippen LogP contribution in [0.3, 0.4) is 0 Å². The van der Waals surface area contributed by atoms with Gasteiger partial charge in [0.1, 0.15) is 5.65 Å². The van der Waals surface area contributed by atoms with Gasteiger partial charge < -0.3 is 4.40 Å². The van der Waals surface area contributed by atoms with E-state index in [1.54, 1.807) is 43.6 Å². The van der Waals surface area contributed by atoms with Crippen LogP contribution in [0, 0.1) is 13.8 Å². The predicted octanol–water partition coefficient (Wildman–Crippen LogP) is 1.31. The maximum Gasteiger partial charge on any atom is 0.302 e. The second-order valence-corrected chi connectivity index (χ2v) is 7.73. The monoisotopic (exact) mass is 324 g/mol. The Hall–Kier alpha value is -1.93. The number of carbonyl (C=O) groups is 1. The number of aromatic nitrogens is 2. The molecule has 0 bridgehead atoms. The Morgan fingerprint density at radius 3 is 2.45 bits per heavy atom. The van der Waals surface area contributed by atoms with Gasteiger partial charge in [0.25, 0.3) is 5.91 Å². The number of rotatable bonds is 3. The first-order valence-electron chi connectivity index (χ1n) is 6.79. The molecule has 0 aromatic carbocycles. The van der Waals surface area contributed by atoms with Crippen LogP contribution in [0.5, 0.6) is 0 Å². The van der Waals surface area contributed by atoms with Gasteiger partial charge in [-0.15, -0.1) is 0 Å². The standard InChI is InChI=1S/C14H20N4O3S/c1-9-6-11(8-18-7-10(2)15-12(9)18)13(19)16-22(20,21)17-14(3,4)5/h6-8,17H,1-5H3,(H,16,19). The lowest BCUT2D eigenvalue weighted by Gasteiger charge is -2.20. The van der Waals surface area contributed by atoms with Gasteiger partial charge in [-0.2, -0.15) is 13.1 Å². The van der Waals surface area contributed by atoms with Crippen molar-refractivity contribution in [2.75, 3.05) is 0 Å². The molecule has 2 aromatic heterocycles. The van der Waals surface area contributed by atoms with Crippen LogP contribution in [0.1, 0.15) is 42.4 Å². The fourth-order valence-corrected chi connectivity index (χ4v) is 3.34. The van der Waals surface area contributed by atoms with Crippen molar-refractivity contribution in [1.29, 1.82) is 0 Å². The van der Waals surface area contributed by atoms with Gasteiger partial charge in [0, 0.05) is 17.9 Å². The minimum Gasteiger partial charge on any atom is -0.306 e. The zero-order valence-corrected chi connectivity index (χ0v) is 14.1. The fourth-order valence-electron chi connectivity index (χ4n) is 2.12. The molecule has 0 spiro atoms. The van der Waals surface area contributed by atoms with E-state index < -0.39 is 21.7 Å². The summed E-state index contributed by atoms with van der Waals surface area (Å²) in [5, 5.41) is 0. The van der Waals surface area contributed by atoms with Crippen LogP contribution >= 0.6 is 0 Å². The lowest BCUT2D eigenvalue weighted by atomic mass is 10.1. The van der Waals surface area contributed by atoms with Gasteiger partial charge in [-0.25, -0.2) is 9.71 Å². The molecule has 0 unspecified atom stereocenters. The summed E-state index contributed by atoms with van der Waals surface area (Å²) in [6.45, 7) is 8.76. The molecule has 2 heterocycles. The number of pyridine rings is 1. The molecule has 1 amide bonds. The Morgan fingerprint density at radius 2 is 1.86 bits per heavy atom. The van der Waals surface area contributed by atoms with Crippen LogP contribution in [-0.2, 0) is 10.2 Å². The van der Waals surface area contributed by atoms with Gasteiger partial charge in [-0.1, -0.05) is 0 Å². The lowest BCUT2D eigenvalue weighted by molar-refractivity contribution is 0.0980. The Balaban J connectivity index is 2.30. The van der Waals surface area contributed by atoms with E-state index in [1.165, 1.54) is 0 Å². The van der Waals surface area contributed by atoms with E-state index in [0.717, 1.165) is 16.9 Å². The lowest BCUT2D eigenvalue weighted by Crippen LogP contribution is -2.48. The number of imidazole rings is 1. The fraction of sp³-hybridized carbons (Fsp3) is 0.429. The van der Waals surface area contributed by atoms with Crippen molar-refractivity contribution in [3.63, 3.8) is 0 Å². The molecule has 8 heteroatoms. The van der Waals surface area contributed by atoms with Crippen molar-refractivity contribution < 1.29 is 13.2 Å². The van der Waals surface area contributed by atoms with E-state index in [0.29, 0.717) is 0 Å². The number of carbonyl (C=O) groups excluding carboxylic acids is 1. The highest BCUT2D eigenvalue weighted by Gasteiger charge is 2.22. The number of aryl methyl sites for hydroxylation is 2. The molecule has 0 radical (unpaired) electrons. The van der Waals surface area contributed by atoms with Crippen molar-refractivity contribution in [1.82, 2.24) is 18.8 Å². The van der Waals surface area contributed by atoms with E-state index in [1.807, 2.05) is 18.6 Å². The number of nitrogens with zero attached hydrogens (tertiary/aromatic N) is 2.